The summed E-state index contributed by atoms with van der Waals surface area (Å²) in [4.78, 5) is 28.0. The minimum Gasteiger partial charge on any atom is -0.0415 e. The molecule has 0 fully saturated rings. The van der Waals surface area contributed by atoms with Crippen molar-refractivity contribution in [1.29, 1.82) is 5.41 Å². The van der Waals surface area contributed by atoms with Gasteiger partial charge in [-0.1, -0.05) is 0 Å². The Hall–Kier alpha value is -2.02. The molecule has 0 bridgehead atoms. The van der Waals surface area contributed by atoms with Crippen molar-refractivity contribution in [2.75, 3.05) is 37.0 Å². The van der Waals surface area contributed by atoms with Gasteiger partial charge in [-0.15, -0.1) is 0 Å². The Morgan fingerprint density at radius 1 is 1.14 bits per heavy atom. The number of nitrogens with one attached hydrogen (secondary N) is 4. The van der Waals surface area contributed by atoms with Gasteiger partial charge in [0.1, 0.15) is 0 Å². The summed E-state index contributed by atoms with van der Waals surface area (Å²) in [6, 6.07) is 5.37. The van der Waals surface area contributed by atoms with Crippen molar-refractivity contribution < 1.29 is 66.0 Å². The number of nitrogens with zero attached hydrogens (tertiary/aromatic N) is 1. The normalized spacial score (nSPS) is 14.7. The quantitative estimate of drug-likeness (QED) is 0.0191. The van der Waals surface area contributed by atoms with E-state index in [1.54, 1.807) is 19.2 Å². The van der Waals surface area contributed by atoms with Crippen molar-refractivity contribution in [3.05, 3.63) is 66.7 Å². The minimum atomic E-state index is -1.58. The third kappa shape index (κ3) is 17.7. The van der Waals surface area contributed by atoms with Crippen LogP contribution in [0, 0.1) is 5.41 Å². The standard InChI is InChI=1S/C35H58I2N6O5S/c1-10-18-43(37-12-3)35(45)31(20-28-14-16-29(17-15-28)33(38)39)41-34(44)30(19-26(7)40-22-27(8)48-13-4)42-49(46)23-24(5)21-36-32(47-9)25(6)11-2/h14-17,21,27,30-31,40,42H,7,10-13,18-20,22-23H2,1-6,8-9H3,(H3,38,39)(H,41,44)/q-2/b24-21-,32-25+/t27-,30?,31?,49?/m0/s1. The Morgan fingerprint density at radius 2 is 1.82 bits per heavy atom. The molecule has 280 valence electrons. The van der Waals surface area contributed by atoms with Crippen LogP contribution in [0.5, 0.6) is 0 Å². The fourth-order valence-corrected chi connectivity index (χ4v) is 10.3. The van der Waals surface area contributed by atoms with Crippen LogP contribution in [-0.2, 0) is 36.5 Å². The van der Waals surface area contributed by atoms with Crippen LogP contribution in [0.25, 0.3) is 0 Å². The number of hydrogen-bond acceptors (Lipinski definition) is 7. The molecule has 0 radical (unpaired) electrons. The van der Waals surface area contributed by atoms with Crippen LogP contribution in [0.1, 0.15) is 78.9 Å². The van der Waals surface area contributed by atoms with Crippen molar-refractivity contribution in [2.45, 2.75) is 92.3 Å². The molecule has 3 unspecified atom stereocenters. The van der Waals surface area contributed by atoms with Gasteiger partial charge in [0, 0.05) is 6.61 Å². The maximum atomic E-state index is 14.0. The summed E-state index contributed by atoms with van der Waals surface area (Å²) >= 11 is -1.08. The smallest absolute Gasteiger partial charge is 0.0415 e. The van der Waals surface area contributed by atoms with E-state index in [0.717, 1.165) is 32.2 Å². The van der Waals surface area contributed by atoms with Gasteiger partial charge in [-0.25, -0.2) is 0 Å². The number of ether oxygens (including phenoxy) is 2. The zero-order valence-corrected chi connectivity index (χ0v) is 35.6. The summed E-state index contributed by atoms with van der Waals surface area (Å²) in [7, 11) is 0.100. The molecule has 0 aliphatic carbocycles. The summed E-state index contributed by atoms with van der Waals surface area (Å²) in [5.74, 6) is -0.367. The number of amidine groups is 1. The van der Waals surface area contributed by atoms with E-state index >= 15 is 0 Å². The number of carbonyl (C=O) groups excluding carboxylic acids is 2. The number of hydrogen-bond donors (Lipinski definition) is 5. The molecule has 14 heteroatoms. The van der Waals surface area contributed by atoms with Crippen molar-refractivity contribution >= 4 is 28.6 Å². The number of alkyl halides is 1. The zero-order chi connectivity index (χ0) is 36.9. The molecule has 0 aromatic heterocycles. The molecule has 4 atom stereocenters. The van der Waals surface area contributed by atoms with Gasteiger partial charge in [0.25, 0.3) is 0 Å². The number of benzene rings is 1. The summed E-state index contributed by atoms with van der Waals surface area (Å²) < 4.78 is 33.6. The maximum absolute atomic E-state index is 14.0. The van der Waals surface area contributed by atoms with E-state index < -0.39 is 71.7 Å². The second kappa shape index (κ2) is 25.0. The topological polar surface area (TPSA) is 159 Å². The van der Waals surface area contributed by atoms with E-state index in [-0.39, 0.29) is 36.4 Å². The molecule has 0 aliphatic rings. The van der Waals surface area contributed by atoms with E-state index in [2.05, 4.69) is 46.8 Å². The van der Waals surface area contributed by atoms with Crippen LogP contribution in [0.4, 0.5) is 0 Å². The predicted octanol–water partition coefficient (Wildman–Crippen LogP) is -1.92. The van der Waals surface area contributed by atoms with Gasteiger partial charge in [0.05, 0.1) is 0 Å². The number of halogens is 2. The van der Waals surface area contributed by atoms with Crippen LogP contribution in [-0.4, -0.2) is 80.1 Å². The first-order chi connectivity index (χ1) is 23.3. The van der Waals surface area contributed by atoms with Gasteiger partial charge in [-0.05, 0) is 6.92 Å². The number of carbonyl (C=O) groups is 2. The average Bonchev–Trinajstić information content (AvgIpc) is 3.06. The van der Waals surface area contributed by atoms with Crippen LogP contribution in [0.15, 0.2) is 55.5 Å². The first-order valence-electron chi connectivity index (χ1n) is 16.6. The molecule has 49 heavy (non-hydrogen) atoms. The molecule has 6 N–H and O–H groups in total. The van der Waals surface area contributed by atoms with Gasteiger partial charge in [0.2, 0.25) is 0 Å². The minimum absolute atomic E-state index is 0.0423. The molecule has 0 heterocycles. The number of allylic oxidation sites excluding steroid dienone is 1. The van der Waals surface area contributed by atoms with Gasteiger partial charge in [0.15, 0.2) is 0 Å². The van der Waals surface area contributed by atoms with E-state index in [0.29, 0.717) is 31.0 Å². The van der Waals surface area contributed by atoms with E-state index in [4.69, 9.17) is 20.6 Å². The molecule has 0 spiro atoms. The van der Waals surface area contributed by atoms with E-state index in [9.17, 15) is 13.8 Å². The van der Waals surface area contributed by atoms with Crippen LogP contribution in [0.3, 0.4) is 0 Å². The third-order valence-corrected chi connectivity index (χ3v) is 14.1. The molecular formula is C35H58I2N6O5S-2. The number of nitrogens with two attached hydrogens (primary N) is 1. The van der Waals surface area contributed by atoms with Gasteiger partial charge in [-0.3, -0.25) is 0 Å². The van der Waals surface area contributed by atoms with E-state index in [1.165, 1.54) is 5.57 Å². The number of nitrogen functional groups attached to an aromatic ring is 1. The first kappa shape index (κ1) is 45.0. The molecule has 1 rings (SSSR count). The molecule has 2 amide bonds. The van der Waals surface area contributed by atoms with Crippen molar-refractivity contribution in [3.63, 3.8) is 0 Å². The second-order valence-corrected chi connectivity index (χ2v) is 18.3. The summed E-state index contributed by atoms with van der Waals surface area (Å²) in [5.41, 5.74) is 9.79. The Balaban J connectivity index is 3.33. The Bertz CT molecular complexity index is 1300. The molecule has 0 saturated heterocycles. The van der Waals surface area contributed by atoms with E-state index in [1.807, 2.05) is 42.9 Å². The van der Waals surface area contributed by atoms with Gasteiger partial charge < -0.3 is 0 Å². The average molecular weight is 929 g/mol. The summed E-state index contributed by atoms with van der Waals surface area (Å²) in [6.07, 6.45) is 2.08. The van der Waals surface area contributed by atoms with Crippen molar-refractivity contribution in [2.24, 2.45) is 5.73 Å². The Labute approximate surface area is 318 Å². The first-order valence-corrected chi connectivity index (χ1v) is 22.8. The predicted molar refractivity (Wildman–Crippen MR) is 192 cm³/mol. The second-order valence-electron chi connectivity index (χ2n) is 11.5. The molecule has 1 aromatic rings. The van der Waals surface area contributed by atoms with Crippen LogP contribution < -0.4 is 63.8 Å². The summed E-state index contributed by atoms with van der Waals surface area (Å²) in [6.45, 7) is 19.9. The zero-order valence-electron chi connectivity index (χ0n) is 30.4. The van der Waals surface area contributed by atoms with Gasteiger partial charge >= 0.3 is 307 Å². The fraction of sp³-hybridized carbons (Fsp3) is 0.571. The van der Waals surface area contributed by atoms with Crippen molar-refractivity contribution in [3.8, 4) is 0 Å². The molecule has 0 saturated carbocycles. The monoisotopic (exact) mass is 928 g/mol. The number of amides is 2. The Morgan fingerprint density at radius 3 is 2.37 bits per heavy atom. The van der Waals surface area contributed by atoms with Gasteiger partial charge in [-0.2, -0.15) is 0 Å². The van der Waals surface area contributed by atoms with Crippen LogP contribution in [0.2, 0.25) is 0 Å². The molecule has 0 aliphatic heterocycles. The number of methoxy groups -OCH3 is 1. The Kier molecular flexibility index (Phi) is 23.0. The fourth-order valence-electron chi connectivity index (χ4n) is 4.44. The summed E-state index contributed by atoms with van der Waals surface area (Å²) in [5, 5.41) is 14.0. The SMILES string of the molecule is C=C(CC(NS(=O)C/C(C)=C\[I-]/C(OC)=C(/C)CC)C(=O)NC(Cc1ccc(C(=N)N)cc1)C(=O)N(CCC)[I-]CC)NC[C@H](C)OCC. The third-order valence-electron chi connectivity index (χ3n) is 7.12. The number of rotatable bonds is 25. The molecular weight excluding hydrogens is 870 g/mol. The molecule has 11 nitrogen and oxygen atoms in total. The van der Waals surface area contributed by atoms with Crippen molar-refractivity contribution in [1.82, 2.24) is 18.5 Å². The van der Waals surface area contributed by atoms with Crippen LogP contribution >= 0.6 is 0 Å². The molecule has 1 aromatic carbocycles.